The molecule has 0 fully saturated rings. The van der Waals surface area contributed by atoms with Gasteiger partial charge in [0, 0.05) is 0 Å². The summed E-state index contributed by atoms with van der Waals surface area (Å²) in [5.74, 6) is -0.370. The summed E-state index contributed by atoms with van der Waals surface area (Å²) in [6.07, 6.45) is -4.41. The van der Waals surface area contributed by atoms with Crippen molar-refractivity contribution < 1.29 is 17.6 Å². The number of halogens is 4. The number of benzene rings is 2. The highest BCUT2D eigenvalue weighted by atomic mass is 19.4. The van der Waals surface area contributed by atoms with Crippen molar-refractivity contribution in [1.82, 2.24) is 0 Å². The monoisotopic (exact) mass is 283 g/mol. The van der Waals surface area contributed by atoms with Crippen LogP contribution in [0.3, 0.4) is 0 Å². The summed E-state index contributed by atoms with van der Waals surface area (Å²) in [5.41, 5.74) is 6.53. The molecule has 0 aromatic heterocycles. The van der Waals surface area contributed by atoms with Gasteiger partial charge in [0.2, 0.25) is 0 Å². The summed E-state index contributed by atoms with van der Waals surface area (Å²) in [5, 5.41) is 0. The molecule has 2 N–H and O–H groups in total. The largest absolute Gasteiger partial charge is 0.416 e. The fraction of sp³-hybridized carbons (Fsp3) is 0.200. The van der Waals surface area contributed by atoms with Crippen LogP contribution in [0.1, 0.15) is 28.3 Å². The van der Waals surface area contributed by atoms with Crippen LogP contribution in [0.25, 0.3) is 0 Å². The zero-order valence-electron chi connectivity index (χ0n) is 10.7. The predicted molar refractivity (Wildman–Crippen MR) is 68.6 cm³/mol. The van der Waals surface area contributed by atoms with Crippen molar-refractivity contribution in [3.05, 3.63) is 70.5 Å². The van der Waals surface area contributed by atoms with Crippen LogP contribution in [0.15, 0.2) is 42.5 Å². The zero-order valence-corrected chi connectivity index (χ0v) is 10.7. The Labute approximate surface area is 114 Å². The lowest BCUT2D eigenvalue weighted by atomic mass is 9.96. The maximum atomic E-state index is 13.2. The number of nitrogens with two attached hydrogens (primary N) is 1. The lowest BCUT2D eigenvalue weighted by Crippen LogP contribution is -2.14. The molecular weight excluding hydrogens is 270 g/mol. The van der Waals surface area contributed by atoms with E-state index in [1.54, 1.807) is 13.0 Å². The van der Waals surface area contributed by atoms with Gasteiger partial charge in [0.05, 0.1) is 11.6 Å². The van der Waals surface area contributed by atoms with Crippen molar-refractivity contribution >= 4 is 0 Å². The molecule has 0 saturated heterocycles. The van der Waals surface area contributed by atoms with Gasteiger partial charge in [-0.05, 0) is 41.8 Å². The van der Waals surface area contributed by atoms with E-state index in [0.29, 0.717) is 16.7 Å². The number of hydrogen-bond acceptors (Lipinski definition) is 1. The van der Waals surface area contributed by atoms with Gasteiger partial charge in [-0.25, -0.2) is 4.39 Å². The van der Waals surface area contributed by atoms with Gasteiger partial charge >= 0.3 is 6.18 Å². The zero-order chi connectivity index (χ0) is 14.9. The molecule has 0 amide bonds. The molecule has 0 spiro atoms. The molecule has 2 rings (SSSR count). The van der Waals surface area contributed by atoms with E-state index in [4.69, 9.17) is 5.73 Å². The minimum atomic E-state index is -4.41. The van der Waals surface area contributed by atoms with E-state index in [9.17, 15) is 17.6 Å². The Hall–Kier alpha value is -1.88. The molecule has 0 bridgehead atoms. The van der Waals surface area contributed by atoms with Gasteiger partial charge in [-0.3, -0.25) is 0 Å². The molecule has 0 aliphatic heterocycles. The van der Waals surface area contributed by atoms with Crippen LogP contribution in [0, 0.1) is 12.7 Å². The first-order chi connectivity index (χ1) is 9.29. The van der Waals surface area contributed by atoms with Crippen LogP contribution in [-0.4, -0.2) is 0 Å². The number of rotatable bonds is 2. The van der Waals surface area contributed by atoms with Gasteiger partial charge in [-0.1, -0.05) is 24.3 Å². The van der Waals surface area contributed by atoms with E-state index in [1.807, 2.05) is 0 Å². The summed E-state index contributed by atoms with van der Waals surface area (Å²) in [6, 6.07) is 8.41. The topological polar surface area (TPSA) is 26.0 Å². The Morgan fingerprint density at radius 2 is 1.65 bits per heavy atom. The summed E-state index contributed by atoms with van der Waals surface area (Å²) < 4.78 is 51.2. The van der Waals surface area contributed by atoms with Crippen molar-refractivity contribution in [1.29, 1.82) is 0 Å². The van der Waals surface area contributed by atoms with Crippen molar-refractivity contribution in [2.75, 3.05) is 0 Å². The fourth-order valence-electron chi connectivity index (χ4n) is 1.96. The lowest BCUT2D eigenvalue weighted by molar-refractivity contribution is -0.137. The van der Waals surface area contributed by atoms with Crippen LogP contribution in [-0.2, 0) is 6.18 Å². The molecule has 0 radical (unpaired) electrons. The average Bonchev–Trinajstić information content (AvgIpc) is 2.40. The third-order valence-electron chi connectivity index (χ3n) is 3.11. The molecule has 0 heterocycles. The van der Waals surface area contributed by atoms with Crippen LogP contribution in [0.5, 0.6) is 0 Å². The maximum Gasteiger partial charge on any atom is 0.416 e. The molecule has 106 valence electrons. The molecule has 0 aliphatic rings. The highest BCUT2D eigenvalue weighted by molar-refractivity contribution is 5.36. The molecule has 1 unspecified atom stereocenters. The minimum Gasteiger partial charge on any atom is -0.320 e. The third kappa shape index (κ3) is 2.99. The summed E-state index contributed by atoms with van der Waals surface area (Å²) >= 11 is 0. The molecule has 2 aromatic carbocycles. The Kier molecular flexibility index (Phi) is 3.81. The quantitative estimate of drug-likeness (QED) is 0.821. The highest BCUT2D eigenvalue weighted by Gasteiger charge is 2.30. The van der Waals surface area contributed by atoms with E-state index in [-0.39, 0.29) is 5.82 Å². The molecular formula is C15H13F4N. The second-order valence-electron chi connectivity index (χ2n) is 4.61. The second kappa shape index (κ2) is 5.25. The van der Waals surface area contributed by atoms with Gasteiger partial charge in [-0.15, -0.1) is 0 Å². The Balaban J connectivity index is 2.38. The Morgan fingerprint density at radius 1 is 1.00 bits per heavy atom. The first kappa shape index (κ1) is 14.5. The first-order valence-corrected chi connectivity index (χ1v) is 5.98. The molecule has 2 aromatic rings. The molecule has 1 atom stereocenters. The van der Waals surface area contributed by atoms with Crippen molar-refractivity contribution in [3.8, 4) is 0 Å². The van der Waals surface area contributed by atoms with Gasteiger partial charge < -0.3 is 5.73 Å². The first-order valence-electron chi connectivity index (χ1n) is 5.98. The fourth-order valence-corrected chi connectivity index (χ4v) is 1.96. The van der Waals surface area contributed by atoms with Gasteiger partial charge in [0.15, 0.2) is 0 Å². The molecule has 5 heteroatoms. The number of alkyl halides is 3. The predicted octanol–water partition coefficient (Wildman–Crippen LogP) is 4.20. The smallest absolute Gasteiger partial charge is 0.320 e. The van der Waals surface area contributed by atoms with Crippen molar-refractivity contribution in [2.24, 2.45) is 5.73 Å². The second-order valence-corrected chi connectivity index (χ2v) is 4.61. The van der Waals surface area contributed by atoms with Crippen LogP contribution >= 0.6 is 0 Å². The molecule has 0 saturated carbocycles. The van der Waals surface area contributed by atoms with E-state index in [1.165, 1.54) is 24.3 Å². The summed E-state index contributed by atoms with van der Waals surface area (Å²) in [7, 11) is 0. The maximum absolute atomic E-state index is 13.2. The van der Waals surface area contributed by atoms with E-state index in [2.05, 4.69) is 0 Å². The summed E-state index contributed by atoms with van der Waals surface area (Å²) in [6.45, 7) is 1.58. The molecule has 0 aliphatic carbocycles. The van der Waals surface area contributed by atoms with Crippen molar-refractivity contribution in [3.63, 3.8) is 0 Å². The molecule has 20 heavy (non-hydrogen) atoms. The van der Waals surface area contributed by atoms with Gasteiger partial charge in [0.25, 0.3) is 0 Å². The van der Waals surface area contributed by atoms with Gasteiger partial charge in [0.1, 0.15) is 5.82 Å². The molecule has 1 nitrogen and oxygen atoms in total. The van der Waals surface area contributed by atoms with Crippen LogP contribution in [0.2, 0.25) is 0 Å². The Bertz CT molecular complexity index is 620. The number of aryl methyl sites for hydroxylation is 1. The SMILES string of the molecule is Cc1cc(C(N)c2cccc(C(F)(F)F)c2)ccc1F. The van der Waals surface area contributed by atoms with Crippen LogP contribution in [0.4, 0.5) is 17.6 Å². The highest BCUT2D eigenvalue weighted by Crippen LogP contribution is 2.31. The lowest BCUT2D eigenvalue weighted by Gasteiger charge is -2.15. The Morgan fingerprint density at radius 3 is 2.25 bits per heavy atom. The third-order valence-corrected chi connectivity index (χ3v) is 3.11. The van der Waals surface area contributed by atoms with Gasteiger partial charge in [-0.2, -0.15) is 13.2 Å². The van der Waals surface area contributed by atoms with E-state index < -0.39 is 17.8 Å². The van der Waals surface area contributed by atoms with Crippen molar-refractivity contribution in [2.45, 2.75) is 19.1 Å². The van der Waals surface area contributed by atoms with E-state index in [0.717, 1.165) is 12.1 Å². The standard InChI is InChI=1S/C15H13F4N/c1-9-7-11(5-6-13(9)16)14(20)10-3-2-4-12(8-10)15(17,18)19/h2-8,14H,20H2,1H3. The average molecular weight is 283 g/mol. The minimum absolute atomic E-state index is 0.339. The number of hydrogen-bond donors (Lipinski definition) is 1. The normalized spacial score (nSPS) is 13.3. The van der Waals surface area contributed by atoms with Crippen LogP contribution < -0.4 is 5.73 Å². The van der Waals surface area contributed by atoms with E-state index >= 15 is 0 Å². The summed E-state index contributed by atoms with van der Waals surface area (Å²) in [4.78, 5) is 0.